The number of ether oxygens (including phenoxy) is 1. The summed E-state index contributed by atoms with van der Waals surface area (Å²) in [5, 5.41) is 0. The maximum absolute atomic E-state index is 11.0. The second-order valence-corrected chi connectivity index (χ2v) is 6.77. The Labute approximate surface area is 111 Å². The van der Waals surface area contributed by atoms with Gasteiger partial charge in [-0.2, -0.15) is 0 Å². The van der Waals surface area contributed by atoms with Crippen LogP contribution in [0.4, 0.5) is 0 Å². The lowest BCUT2D eigenvalue weighted by Crippen LogP contribution is -2.32. The molecule has 102 valence electrons. The maximum atomic E-state index is 11.0. The third kappa shape index (κ3) is 2.78. The second kappa shape index (κ2) is 5.07. The molecule has 0 aromatic heterocycles. The fourth-order valence-electron chi connectivity index (χ4n) is 3.64. The number of carbonyl (C=O) groups is 1. The Balaban J connectivity index is 2.11. The molecular formula is C16H26O2. The van der Waals surface area contributed by atoms with E-state index in [0.29, 0.717) is 23.9 Å². The minimum Gasteiger partial charge on any atom is -0.466 e. The van der Waals surface area contributed by atoms with Crippen molar-refractivity contribution in [3.05, 3.63) is 11.1 Å². The van der Waals surface area contributed by atoms with Crippen LogP contribution in [0.25, 0.3) is 0 Å². The van der Waals surface area contributed by atoms with E-state index in [-0.39, 0.29) is 5.97 Å². The highest BCUT2D eigenvalue weighted by Crippen LogP contribution is 2.49. The predicted octanol–water partition coefficient (Wildman–Crippen LogP) is 4.10. The summed E-state index contributed by atoms with van der Waals surface area (Å²) in [5.41, 5.74) is 3.74. The minimum absolute atomic E-state index is 0.148. The van der Waals surface area contributed by atoms with Crippen LogP contribution in [0.2, 0.25) is 0 Å². The van der Waals surface area contributed by atoms with Crippen molar-refractivity contribution in [3.8, 4) is 0 Å². The van der Waals surface area contributed by atoms with E-state index in [0.717, 1.165) is 6.42 Å². The van der Waals surface area contributed by atoms with Gasteiger partial charge in [-0.3, -0.25) is 4.79 Å². The highest BCUT2D eigenvalue weighted by atomic mass is 16.5. The normalized spacial score (nSPS) is 30.9. The van der Waals surface area contributed by atoms with E-state index in [9.17, 15) is 4.79 Å². The number of hydrogen-bond acceptors (Lipinski definition) is 2. The monoisotopic (exact) mass is 250 g/mol. The van der Waals surface area contributed by atoms with Crippen LogP contribution >= 0.6 is 0 Å². The summed E-state index contributed by atoms with van der Waals surface area (Å²) in [6, 6.07) is 0. The molecule has 0 amide bonds. The van der Waals surface area contributed by atoms with Gasteiger partial charge >= 0.3 is 5.97 Å². The molecular weight excluding hydrogens is 224 g/mol. The molecule has 0 fully saturated rings. The molecule has 0 aromatic rings. The Bertz CT molecular complexity index is 365. The Morgan fingerprint density at radius 1 is 1.39 bits per heavy atom. The Hall–Kier alpha value is -0.790. The summed E-state index contributed by atoms with van der Waals surface area (Å²) in [7, 11) is 0. The van der Waals surface area contributed by atoms with Gasteiger partial charge < -0.3 is 4.74 Å². The van der Waals surface area contributed by atoms with E-state index < -0.39 is 0 Å². The summed E-state index contributed by atoms with van der Waals surface area (Å²) in [5.74, 6) is 1.02. The van der Waals surface area contributed by atoms with Crippen molar-refractivity contribution in [3.63, 3.8) is 0 Å². The minimum atomic E-state index is -0.148. The van der Waals surface area contributed by atoms with Gasteiger partial charge in [-0.1, -0.05) is 31.9 Å². The van der Waals surface area contributed by atoms with E-state index in [4.69, 9.17) is 4.74 Å². The third-order valence-corrected chi connectivity index (χ3v) is 4.86. The molecule has 0 spiro atoms. The van der Waals surface area contributed by atoms with Crippen LogP contribution in [0.1, 0.15) is 59.8 Å². The van der Waals surface area contributed by atoms with E-state index in [1.807, 2.05) is 0 Å². The van der Waals surface area contributed by atoms with Crippen LogP contribution in [-0.4, -0.2) is 12.6 Å². The molecule has 2 aliphatic rings. The molecule has 2 heteroatoms. The van der Waals surface area contributed by atoms with Gasteiger partial charge in [0.05, 0.1) is 6.61 Å². The van der Waals surface area contributed by atoms with Crippen molar-refractivity contribution in [2.75, 3.05) is 6.61 Å². The van der Waals surface area contributed by atoms with Gasteiger partial charge in [0.2, 0.25) is 0 Å². The van der Waals surface area contributed by atoms with Crippen LogP contribution in [0.5, 0.6) is 0 Å². The van der Waals surface area contributed by atoms with E-state index in [1.165, 1.54) is 32.6 Å². The molecule has 0 saturated heterocycles. The molecule has 0 N–H and O–H groups in total. The van der Waals surface area contributed by atoms with E-state index >= 15 is 0 Å². The molecule has 2 nitrogen and oxygen atoms in total. The number of allylic oxidation sites excluding steroid dienone is 2. The van der Waals surface area contributed by atoms with Crippen LogP contribution in [0.15, 0.2) is 11.1 Å². The number of hydrogen-bond donors (Lipinski definition) is 0. The maximum Gasteiger partial charge on any atom is 0.302 e. The first kappa shape index (κ1) is 13.6. The Morgan fingerprint density at radius 2 is 2.11 bits per heavy atom. The third-order valence-electron chi connectivity index (χ3n) is 4.86. The van der Waals surface area contributed by atoms with Gasteiger partial charge in [0.1, 0.15) is 0 Å². The predicted molar refractivity (Wildman–Crippen MR) is 73.2 cm³/mol. The van der Waals surface area contributed by atoms with Crippen LogP contribution in [0, 0.1) is 17.3 Å². The molecule has 18 heavy (non-hydrogen) atoms. The summed E-state index contributed by atoms with van der Waals surface area (Å²) in [6.07, 6.45) is 6.29. The van der Waals surface area contributed by atoms with Crippen molar-refractivity contribution in [2.24, 2.45) is 17.3 Å². The molecule has 0 unspecified atom stereocenters. The van der Waals surface area contributed by atoms with Gasteiger partial charge in [-0.25, -0.2) is 0 Å². The molecule has 2 aliphatic carbocycles. The van der Waals surface area contributed by atoms with E-state index in [2.05, 4.69) is 20.8 Å². The smallest absolute Gasteiger partial charge is 0.302 e. The Morgan fingerprint density at radius 3 is 2.78 bits per heavy atom. The van der Waals surface area contributed by atoms with Gasteiger partial charge in [-0.15, -0.1) is 0 Å². The molecule has 0 bridgehead atoms. The van der Waals surface area contributed by atoms with Crippen molar-refractivity contribution in [1.29, 1.82) is 0 Å². The topological polar surface area (TPSA) is 26.3 Å². The van der Waals surface area contributed by atoms with Crippen LogP contribution in [0.3, 0.4) is 0 Å². The fourth-order valence-corrected chi connectivity index (χ4v) is 3.64. The molecule has 0 saturated carbocycles. The average molecular weight is 250 g/mol. The lowest BCUT2D eigenvalue weighted by molar-refractivity contribution is -0.142. The first-order valence-corrected chi connectivity index (χ1v) is 7.25. The standard InChI is InChI=1S/C16H26O2/c1-11-8-13-6-5-7-16(3,4)15(13)9-14(11)10-18-12(2)17/h11,14H,5-10H2,1-4H3/t11-,14-/m1/s1. The van der Waals surface area contributed by atoms with Crippen LogP contribution in [-0.2, 0) is 9.53 Å². The molecule has 2 rings (SSSR count). The lowest BCUT2D eigenvalue weighted by atomic mass is 9.63. The van der Waals surface area contributed by atoms with Crippen molar-refractivity contribution >= 4 is 5.97 Å². The SMILES string of the molecule is CC(=O)OC[C@H]1CC2=C(CCCC2(C)C)C[C@H]1C. The second-order valence-electron chi connectivity index (χ2n) is 6.77. The Kier molecular flexibility index (Phi) is 3.84. The molecule has 0 aliphatic heterocycles. The molecule has 0 radical (unpaired) electrons. The first-order valence-electron chi connectivity index (χ1n) is 7.25. The highest BCUT2D eigenvalue weighted by molar-refractivity contribution is 5.65. The fraction of sp³-hybridized carbons (Fsp3) is 0.812. The lowest BCUT2D eigenvalue weighted by Gasteiger charge is -2.42. The highest BCUT2D eigenvalue weighted by Gasteiger charge is 2.36. The van der Waals surface area contributed by atoms with Crippen molar-refractivity contribution in [2.45, 2.75) is 59.8 Å². The summed E-state index contributed by atoms with van der Waals surface area (Å²) in [4.78, 5) is 11.0. The van der Waals surface area contributed by atoms with Gasteiger partial charge in [0.15, 0.2) is 0 Å². The van der Waals surface area contributed by atoms with Gasteiger partial charge in [-0.05, 0) is 49.4 Å². The van der Waals surface area contributed by atoms with E-state index in [1.54, 1.807) is 11.1 Å². The number of carbonyl (C=O) groups excluding carboxylic acids is 1. The summed E-state index contributed by atoms with van der Waals surface area (Å²) in [6.45, 7) is 9.16. The number of rotatable bonds is 2. The average Bonchev–Trinajstić information content (AvgIpc) is 2.26. The first-order chi connectivity index (χ1) is 8.40. The van der Waals surface area contributed by atoms with Crippen LogP contribution < -0.4 is 0 Å². The largest absolute Gasteiger partial charge is 0.466 e. The molecule has 2 atom stereocenters. The quantitative estimate of drug-likeness (QED) is 0.545. The number of esters is 1. The molecule has 0 aromatic carbocycles. The van der Waals surface area contributed by atoms with Gasteiger partial charge in [0, 0.05) is 6.92 Å². The zero-order chi connectivity index (χ0) is 13.3. The summed E-state index contributed by atoms with van der Waals surface area (Å²) < 4.78 is 5.24. The molecule has 0 heterocycles. The zero-order valence-electron chi connectivity index (χ0n) is 12.2. The van der Waals surface area contributed by atoms with Gasteiger partial charge in [0.25, 0.3) is 0 Å². The zero-order valence-corrected chi connectivity index (χ0v) is 12.2. The summed E-state index contributed by atoms with van der Waals surface area (Å²) >= 11 is 0. The van der Waals surface area contributed by atoms with Crippen molar-refractivity contribution < 1.29 is 9.53 Å². The van der Waals surface area contributed by atoms with Crippen molar-refractivity contribution in [1.82, 2.24) is 0 Å².